The Morgan fingerprint density at radius 3 is 2.56 bits per heavy atom. The van der Waals surface area contributed by atoms with Gasteiger partial charge >= 0.3 is 0 Å². The number of aromatic nitrogens is 1. The van der Waals surface area contributed by atoms with Gasteiger partial charge in [0.25, 0.3) is 5.91 Å². The van der Waals surface area contributed by atoms with E-state index in [0.717, 1.165) is 22.2 Å². The molecule has 0 unspecified atom stereocenters. The van der Waals surface area contributed by atoms with Crippen molar-refractivity contribution in [3.63, 3.8) is 0 Å². The van der Waals surface area contributed by atoms with Crippen molar-refractivity contribution < 1.29 is 9.59 Å². The van der Waals surface area contributed by atoms with Crippen molar-refractivity contribution in [2.45, 2.75) is 26.7 Å². The summed E-state index contributed by atoms with van der Waals surface area (Å²) in [5.74, 6) is -0.194. The Morgan fingerprint density at radius 1 is 1.08 bits per heavy atom. The van der Waals surface area contributed by atoms with Gasteiger partial charge in [0.2, 0.25) is 5.91 Å². The molecule has 0 aliphatic rings. The summed E-state index contributed by atoms with van der Waals surface area (Å²) in [5, 5.41) is 6.22. The van der Waals surface area contributed by atoms with E-state index >= 15 is 0 Å². The predicted octanol–water partition coefficient (Wildman–Crippen LogP) is 4.60. The molecule has 5 nitrogen and oxygen atoms in total. The van der Waals surface area contributed by atoms with Gasteiger partial charge in [0, 0.05) is 17.7 Å². The van der Waals surface area contributed by atoms with Gasteiger partial charge in [-0.05, 0) is 43.7 Å². The van der Waals surface area contributed by atoms with E-state index in [2.05, 4.69) is 15.6 Å². The van der Waals surface area contributed by atoms with Crippen molar-refractivity contribution >= 4 is 44.2 Å². The number of fused-ring (bicyclic) bond motifs is 1. The average molecular weight is 353 g/mol. The van der Waals surface area contributed by atoms with Gasteiger partial charge in [-0.3, -0.25) is 14.9 Å². The van der Waals surface area contributed by atoms with Crippen LogP contribution in [0.15, 0.2) is 42.5 Å². The van der Waals surface area contributed by atoms with Crippen LogP contribution in [0.5, 0.6) is 0 Å². The number of nitrogens with zero attached hydrogens (tertiary/aromatic N) is 1. The lowest BCUT2D eigenvalue weighted by Crippen LogP contribution is -2.11. The number of aryl methyl sites for hydroxylation is 1. The number of amides is 2. The van der Waals surface area contributed by atoms with Gasteiger partial charge in [0.15, 0.2) is 5.13 Å². The molecule has 0 aliphatic carbocycles. The second-order valence-corrected chi connectivity index (χ2v) is 6.85. The number of anilines is 2. The molecule has 0 fully saturated rings. The highest BCUT2D eigenvalue weighted by Gasteiger charge is 2.11. The molecule has 0 bridgehead atoms. The number of nitrogens with one attached hydrogen (secondary N) is 2. The van der Waals surface area contributed by atoms with Crippen LogP contribution in [0.3, 0.4) is 0 Å². The van der Waals surface area contributed by atoms with Gasteiger partial charge in [-0.15, -0.1) is 0 Å². The summed E-state index contributed by atoms with van der Waals surface area (Å²) in [7, 11) is 0. The Balaban J connectivity index is 1.75. The second-order valence-electron chi connectivity index (χ2n) is 5.82. The third-order valence-corrected chi connectivity index (χ3v) is 4.63. The van der Waals surface area contributed by atoms with Crippen LogP contribution in [0.25, 0.3) is 10.2 Å². The molecule has 0 aliphatic heterocycles. The molecule has 2 N–H and O–H groups in total. The fraction of sp³-hybridized carbons (Fsp3) is 0.211. The van der Waals surface area contributed by atoms with Crippen LogP contribution >= 0.6 is 11.3 Å². The first-order chi connectivity index (χ1) is 12.0. The minimum absolute atomic E-state index is 0.00928. The van der Waals surface area contributed by atoms with Gasteiger partial charge in [-0.2, -0.15) is 0 Å². The first kappa shape index (κ1) is 17.1. The van der Waals surface area contributed by atoms with Gasteiger partial charge in [0.1, 0.15) is 0 Å². The maximum Gasteiger partial charge on any atom is 0.257 e. The molecule has 3 rings (SSSR count). The van der Waals surface area contributed by atoms with E-state index in [1.165, 1.54) is 11.3 Å². The molecule has 0 atom stereocenters. The summed E-state index contributed by atoms with van der Waals surface area (Å²) < 4.78 is 0.952. The zero-order valence-electron chi connectivity index (χ0n) is 14.1. The summed E-state index contributed by atoms with van der Waals surface area (Å²) >= 11 is 1.41. The van der Waals surface area contributed by atoms with Gasteiger partial charge in [-0.25, -0.2) is 4.98 Å². The van der Waals surface area contributed by atoms with E-state index in [-0.39, 0.29) is 11.8 Å². The highest BCUT2D eigenvalue weighted by Crippen LogP contribution is 2.28. The van der Waals surface area contributed by atoms with E-state index in [1.807, 2.05) is 44.2 Å². The van der Waals surface area contributed by atoms with Crippen LogP contribution in [-0.4, -0.2) is 16.8 Å². The Hall–Kier alpha value is -2.73. The lowest BCUT2D eigenvalue weighted by molar-refractivity contribution is -0.116. The van der Waals surface area contributed by atoms with E-state index in [9.17, 15) is 9.59 Å². The molecule has 1 heterocycles. The number of hydrogen-bond acceptors (Lipinski definition) is 4. The zero-order chi connectivity index (χ0) is 17.8. The standard InChI is InChI=1S/C19H19N3O2S/c1-3-4-17(23)20-14-9-10-16-15(11-14)21-19(25-16)22-18(24)13-7-5-12(2)6-8-13/h5-11H,3-4H2,1-2H3,(H,20,23)(H,21,22,24). The number of carbonyl (C=O) groups is 2. The fourth-order valence-corrected chi connectivity index (χ4v) is 3.22. The molecule has 2 amide bonds. The monoisotopic (exact) mass is 353 g/mol. The first-order valence-electron chi connectivity index (χ1n) is 8.13. The van der Waals surface area contributed by atoms with Gasteiger partial charge < -0.3 is 5.32 Å². The molecular weight excluding hydrogens is 334 g/mol. The van der Waals surface area contributed by atoms with E-state index < -0.39 is 0 Å². The Kier molecular flexibility index (Phi) is 5.09. The summed E-state index contributed by atoms with van der Waals surface area (Å²) in [4.78, 5) is 28.4. The number of hydrogen-bond donors (Lipinski definition) is 2. The number of thiazole rings is 1. The summed E-state index contributed by atoms with van der Waals surface area (Å²) in [6, 6.07) is 13.0. The molecule has 0 radical (unpaired) electrons. The van der Waals surface area contributed by atoms with E-state index in [0.29, 0.717) is 22.8 Å². The molecule has 6 heteroatoms. The summed E-state index contributed by atoms with van der Waals surface area (Å²) in [5.41, 5.74) is 3.16. The third kappa shape index (κ3) is 4.22. The van der Waals surface area contributed by atoms with Crippen molar-refractivity contribution in [1.29, 1.82) is 0 Å². The van der Waals surface area contributed by atoms with Crippen molar-refractivity contribution in [2.75, 3.05) is 10.6 Å². The Bertz CT molecular complexity index is 916. The van der Waals surface area contributed by atoms with Crippen LogP contribution in [0.2, 0.25) is 0 Å². The highest BCUT2D eigenvalue weighted by molar-refractivity contribution is 7.22. The Morgan fingerprint density at radius 2 is 1.84 bits per heavy atom. The molecule has 25 heavy (non-hydrogen) atoms. The van der Waals surface area contributed by atoms with Crippen LogP contribution in [0.1, 0.15) is 35.7 Å². The van der Waals surface area contributed by atoms with Crippen molar-refractivity contribution in [1.82, 2.24) is 4.98 Å². The maximum absolute atomic E-state index is 12.3. The molecule has 1 aromatic heterocycles. The van der Waals surface area contributed by atoms with Gasteiger partial charge in [-0.1, -0.05) is 36.0 Å². The zero-order valence-corrected chi connectivity index (χ0v) is 14.9. The van der Waals surface area contributed by atoms with Crippen molar-refractivity contribution in [2.24, 2.45) is 0 Å². The van der Waals surface area contributed by atoms with E-state index in [4.69, 9.17) is 0 Å². The van der Waals surface area contributed by atoms with Crippen molar-refractivity contribution in [3.8, 4) is 0 Å². The smallest absolute Gasteiger partial charge is 0.257 e. The molecule has 0 spiro atoms. The molecule has 0 saturated heterocycles. The molecule has 2 aromatic carbocycles. The van der Waals surface area contributed by atoms with E-state index in [1.54, 1.807) is 12.1 Å². The number of benzene rings is 2. The quantitative estimate of drug-likeness (QED) is 0.704. The molecular formula is C19H19N3O2S. The van der Waals surface area contributed by atoms with Crippen LogP contribution in [0.4, 0.5) is 10.8 Å². The lowest BCUT2D eigenvalue weighted by Gasteiger charge is -2.03. The topological polar surface area (TPSA) is 71.1 Å². The predicted molar refractivity (Wildman–Crippen MR) is 102 cm³/mol. The fourth-order valence-electron chi connectivity index (χ4n) is 2.38. The summed E-state index contributed by atoms with van der Waals surface area (Å²) in [6.07, 6.45) is 1.30. The summed E-state index contributed by atoms with van der Waals surface area (Å²) in [6.45, 7) is 3.94. The molecule has 3 aromatic rings. The minimum atomic E-state index is -0.185. The number of carbonyl (C=O) groups excluding carboxylic acids is 2. The highest BCUT2D eigenvalue weighted by atomic mass is 32.1. The minimum Gasteiger partial charge on any atom is -0.326 e. The van der Waals surface area contributed by atoms with Crippen molar-refractivity contribution in [3.05, 3.63) is 53.6 Å². The van der Waals surface area contributed by atoms with Crippen LogP contribution in [0, 0.1) is 6.92 Å². The SMILES string of the molecule is CCCC(=O)Nc1ccc2sc(NC(=O)c3ccc(C)cc3)nc2c1. The lowest BCUT2D eigenvalue weighted by atomic mass is 10.1. The largest absolute Gasteiger partial charge is 0.326 e. The average Bonchev–Trinajstić information content (AvgIpc) is 2.97. The number of rotatable bonds is 5. The van der Waals surface area contributed by atoms with Crippen LogP contribution < -0.4 is 10.6 Å². The Labute approximate surface area is 150 Å². The first-order valence-corrected chi connectivity index (χ1v) is 8.95. The normalized spacial score (nSPS) is 10.6. The molecule has 128 valence electrons. The van der Waals surface area contributed by atoms with Gasteiger partial charge in [0.05, 0.1) is 10.2 Å². The third-order valence-electron chi connectivity index (χ3n) is 3.68. The maximum atomic E-state index is 12.3. The second kappa shape index (κ2) is 7.44. The molecule has 0 saturated carbocycles. The van der Waals surface area contributed by atoms with Crippen LogP contribution in [-0.2, 0) is 4.79 Å².